The third-order valence-electron chi connectivity index (χ3n) is 6.19. The lowest BCUT2D eigenvalue weighted by atomic mass is 9.83. The van der Waals surface area contributed by atoms with Gasteiger partial charge in [-0.25, -0.2) is 0 Å². The largest absolute Gasteiger partial charge is 0.490 e. The molecule has 2 fully saturated rings. The molecule has 1 saturated carbocycles. The average Bonchev–Trinajstić information content (AvgIpc) is 3.20. The van der Waals surface area contributed by atoms with Gasteiger partial charge in [0, 0.05) is 52.7 Å². The van der Waals surface area contributed by atoms with Crippen LogP contribution in [0.1, 0.15) is 51.9 Å². The normalized spacial score (nSPS) is 20.4. The number of rotatable bonds is 8. The van der Waals surface area contributed by atoms with Crippen LogP contribution in [0.15, 0.2) is 35.3 Å². The van der Waals surface area contributed by atoms with E-state index >= 15 is 0 Å². The molecule has 0 aromatic heterocycles. The summed E-state index contributed by atoms with van der Waals surface area (Å²) >= 11 is 0. The maximum atomic E-state index is 6.14. The summed E-state index contributed by atoms with van der Waals surface area (Å²) in [6, 6.07) is 10.2. The molecular weight excluding hydrogens is 350 g/mol. The second-order valence-corrected chi connectivity index (χ2v) is 8.24. The number of methoxy groups -OCH3 is 1. The lowest BCUT2D eigenvalue weighted by Gasteiger charge is -2.35. The van der Waals surface area contributed by atoms with Crippen molar-refractivity contribution in [2.24, 2.45) is 10.4 Å². The van der Waals surface area contributed by atoms with E-state index in [0.29, 0.717) is 11.5 Å². The van der Waals surface area contributed by atoms with E-state index in [4.69, 9.17) is 14.5 Å². The lowest BCUT2D eigenvalue weighted by molar-refractivity contribution is 0.128. The zero-order valence-electron chi connectivity index (χ0n) is 17.7. The van der Waals surface area contributed by atoms with E-state index < -0.39 is 0 Å². The molecule has 1 aromatic carbocycles. The first kappa shape index (κ1) is 21.0. The molecule has 1 aliphatic carbocycles. The van der Waals surface area contributed by atoms with E-state index in [2.05, 4.69) is 17.1 Å². The number of piperidine rings is 1. The maximum Gasteiger partial charge on any atom is 0.193 e. The van der Waals surface area contributed by atoms with Crippen molar-refractivity contribution in [3.63, 3.8) is 0 Å². The summed E-state index contributed by atoms with van der Waals surface area (Å²) in [5, 5.41) is 3.52. The summed E-state index contributed by atoms with van der Waals surface area (Å²) in [5.74, 6) is 2.05. The number of guanidine groups is 1. The highest BCUT2D eigenvalue weighted by atomic mass is 16.5. The van der Waals surface area contributed by atoms with E-state index in [-0.39, 0.29) is 0 Å². The molecule has 5 nitrogen and oxygen atoms in total. The van der Waals surface area contributed by atoms with E-state index in [1.807, 2.05) is 30.3 Å². The Kier molecular flexibility index (Phi) is 8.01. The summed E-state index contributed by atoms with van der Waals surface area (Å²) in [6.45, 7) is 6.80. The highest BCUT2D eigenvalue weighted by molar-refractivity contribution is 5.80. The molecule has 1 aromatic rings. The first-order chi connectivity index (χ1) is 13.7. The van der Waals surface area contributed by atoms with E-state index in [1.54, 1.807) is 7.11 Å². The van der Waals surface area contributed by atoms with Gasteiger partial charge in [0.1, 0.15) is 11.9 Å². The van der Waals surface area contributed by atoms with Gasteiger partial charge in [-0.2, -0.15) is 0 Å². The van der Waals surface area contributed by atoms with Crippen LogP contribution in [0.5, 0.6) is 5.75 Å². The van der Waals surface area contributed by atoms with Crippen molar-refractivity contribution < 1.29 is 9.47 Å². The molecule has 0 spiro atoms. The molecule has 0 unspecified atom stereocenters. The third kappa shape index (κ3) is 5.87. The van der Waals surface area contributed by atoms with Gasteiger partial charge in [-0.1, -0.05) is 31.0 Å². The molecule has 156 valence electrons. The predicted octanol–water partition coefficient (Wildman–Crippen LogP) is 4.09. The number of hydrogen-bond acceptors (Lipinski definition) is 3. The fourth-order valence-corrected chi connectivity index (χ4v) is 4.48. The van der Waals surface area contributed by atoms with Gasteiger partial charge >= 0.3 is 0 Å². The van der Waals surface area contributed by atoms with Crippen molar-refractivity contribution in [2.75, 3.05) is 39.9 Å². The molecule has 1 saturated heterocycles. The third-order valence-corrected chi connectivity index (χ3v) is 6.19. The highest BCUT2D eigenvalue weighted by Gasteiger charge is 2.33. The monoisotopic (exact) mass is 387 g/mol. The molecule has 0 radical (unpaired) electrons. The summed E-state index contributed by atoms with van der Waals surface area (Å²) in [4.78, 5) is 7.50. The summed E-state index contributed by atoms with van der Waals surface area (Å²) in [5.41, 5.74) is 0.339. The molecule has 1 heterocycles. The smallest absolute Gasteiger partial charge is 0.193 e. The number of para-hydroxylation sites is 1. The average molecular weight is 388 g/mol. The first-order valence-electron chi connectivity index (χ1n) is 11.0. The van der Waals surface area contributed by atoms with Gasteiger partial charge in [0.15, 0.2) is 5.96 Å². The fourth-order valence-electron chi connectivity index (χ4n) is 4.48. The van der Waals surface area contributed by atoms with Crippen molar-refractivity contribution >= 4 is 5.96 Å². The van der Waals surface area contributed by atoms with Crippen LogP contribution >= 0.6 is 0 Å². The number of nitrogens with zero attached hydrogens (tertiary/aromatic N) is 2. The second-order valence-electron chi connectivity index (χ2n) is 8.24. The van der Waals surface area contributed by atoms with E-state index in [1.165, 1.54) is 25.7 Å². The number of hydrogen-bond donors (Lipinski definition) is 1. The quantitative estimate of drug-likeness (QED) is 0.539. The van der Waals surface area contributed by atoms with Gasteiger partial charge in [0.25, 0.3) is 0 Å². The van der Waals surface area contributed by atoms with Crippen LogP contribution in [0.25, 0.3) is 0 Å². The maximum absolute atomic E-state index is 6.14. The van der Waals surface area contributed by atoms with Gasteiger partial charge in [0.05, 0.1) is 0 Å². The number of ether oxygens (including phenoxy) is 2. The van der Waals surface area contributed by atoms with Crippen LogP contribution in [0, 0.1) is 5.41 Å². The minimum Gasteiger partial charge on any atom is -0.490 e. The number of aliphatic imine (C=N–C) groups is 1. The van der Waals surface area contributed by atoms with E-state index in [9.17, 15) is 0 Å². The Morgan fingerprint density at radius 2 is 1.89 bits per heavy atom. The summed E-state index contributed by atoms with van der Waals surface area (Å²) in [7, 11) is 1.80. The van der Waals surface area contributed by atoms with Gasteiger partial charge in [-0.3, -0.25) is 4.99 Å². The Morgan fingerprint density at radius 1 is 1.18 bits per heavy atom. The van der Waals surface area contributed by atoms with Gasteiger partial charge < -0.3 is 19.7 Å². The van der Waals surface area contributed by atoms with Crippen LogP contribution in [0.3, 0.4) is 0 Å². The molecule has 28 heavy (non-hydrogen) atoms. The molecule has 0 atom stereocenters. The van der Waals surface area contributed by atoms with Crippen molar-refractivity contribution in [3.05, 3.63) is 30.3 Å². The zero-order valence-corrected chi connectivity index (χ0v) is 17.7. The Labute approximate surface area is 170 Å². The SMILES string of the molecule is CCNC(=NCC1(CCOC)CCCC1)N1CCC(Oc2ccccc2)CC1. The minimum absolute atomic E-state index is 0.296. The van der Waals surface area contributed by atoms with Gasteiger partial charge in [0.2, 0.25) is 0 Å². The fraction of sp³-hybridized carbons (Fsp3) is 0.696. The Balaban J connectivity index is 1.55. The van der Waals surface area contributed by atoms with Crippen molar-refractivity contribution in [2.45, 2.75) is 58.0 Å². The molecular formula is C23H37N3O2. The van der Waals surface area contributed by atoms with E-state index in [0.717, 1.165) is 63.8 Å². The predicted molar refractivity (Wildman–Crippen MR) is 115 cm³/mol. The molecule has 1 N–H and O–H groups in total. The van der Waals surface area contributed by atoms with Crippen LogP contribution in [-0.2, 0) is 4.74 Å². The number of benzene rings is 1. The van der Waals surface area contributed by atoms with Gasteiger partial charge in [-0.15, -0.1) is 0 Å². The Hall–Kier alpha value is -1.75. The van der Waals surface area contributed by atoms with Crippen molar-refractivity contribution in [1.29, 1.82) is 0 Å². The first-order valence-corrected chi connectivity index (χ1v) is 11.0. The van der Waals surface area contributed by atoms with Crippen molar-refractivity contribution in [3.8, 4) is 5.75 Å². The van der Waals surface area contributed by atoms with Crippen LogP contribution in [-0.4, -0.2) is 56.9 Å². The summed E-state index contributed by atoms with van der Waals surface area (Å²) in [6.07, 6.45) is 8.72. The van der Waals surface area contributed by atoms with Crippen LogP contribution < -0.4 is 10.1 Å². The highest BCUT2D eigenvalue weighted by Crippen LogP contribution is 2.41. The molecule has 0 bridgehead atoms. The molecule has 3 rings (SSSR count). The molecule has 1 aliphatic heterocycles. The standard InChI is InChI=1S/C23H37N3O2/c1-3-24-22(25-19-23(15-18-27-2)13-7-8-14-23)26-16-11-21(12-17-26)28-20-9-5-4-6-10-20/h4-6,9-10,21H,3,7-8,11-19H2,1-2H3,(H,24,25). The molecule has 5 heteroatoms. The second kappa shape index (κ2) is 10.7. The number of likely N-dealkylation sites (tertiary alicyclic amines) is 1. The summed E-state index contributed by atoms with van der Waals surface area (Å²) < 4.78 is 11.5. The molecule has 2 aliphatic rings. The lowest BCUT2D eigenvalue weighted by Crippen LogP contribution is -2.48. The van der Waals surface area contributed by atoms with Crippen LogP contribution in [0.2, 0.25) is 0 Å². The minimum atomic E-state index is 0.296. The molecule has 0 amide bonds. The Bertz CT molecular complexity index is 591. The number of nitrogens with one attached hydrogen (secondary N) is 1. The van der Waals surface area contributed by atoms with Gasteiger partial charge in [-0.05, 0) is 43.7 Å². The zero-order chi connectivity index (χ0) is 19.7. The van der Waals surface area contributed by atoms with Crippen LogP contribution in [0.4, 0.5) is 0 Å². The Morgan fingerprint density at radius 3 is 2.54 bits per heavy atom. The van der Waals surface area contributed by atoms with Crippen molar-refractivity contribution in [1.82, 2.24) is 10.2 Å². The topological polar surface area (TPSA) is 46.1 Å².